The predicted molar refractivity (Wildman–Crippen MR) is 85.8 cm³/mol. The van der Waals surface area contributed by atoms with Crippen molar-refractivity contribution in [3.63, 3.8) is 0 Å². The van der Waals surface area contributed by atoms with Gasteiger partial charge in [-0.1, -0.05) is 31.0 Å². The maximum atomic E-state index is 12.7. The van der Waals surface area contributed by atoms with Crippen LogP contribution in [0.15, 0.2) is 29.6 Å². The quantitative estimate of drug-likeness (QED) is 0.747. The summed E-state index contributed by atoms with van der Waals surface area (Å²) in [7, 11) is 1.89. The first-order valence-corrected chi connectivity index (χ1v) is 8.37. The van der Waals surface area contributed by atoms with Gasteiger partial charge in [0, 0.05) is 28.6 Å². The second-order valence-electron chi connectivity index (χ2n) is 5.43. The minimum atomic E-state index is 0.0857. The number of thiophene rings is 1. The fourth-order valence-corrected chi connectivity index (χ4v) is 4.37. The van der Waals surface area contributed by atoms with Gasteiger partial charge in [-0.05, 0) is 18.9 Å². The van der Waals surface area contributed by atoms with Crippen LogP contribution in [0.1, 0.15) is 36.0 Å². The summed E-state index contributed by atoms with van der Waals surface area (Å²) in [4.78, 5) is 14.6. The molecule has 0 spiro atoms. The zero-order chi connectivity index (χ0) is 14.1. The SMILES string of the molecule is CN(C(=O)c1csc2ccccc12)C1CCCCC1Cl. The van der Waals surface area contributed by atoms with Crippen molar-refractivity contribution in [2.24, 2.45) is 0 Å². The van der Waals surface area contributed by atoms with Gasteiger partial charge < -0.3 is 4.90 Å². The Morgan fingerprint density at radius 2 is 2.05 bits per heavy atom. The largest absolute Gasteiger partial charge is 0.337 e. The molecule has 2 unspecified atom stereocenters. The van der Waals surface area contributed by atoms with Crippen molar-refractivity contribution in [1.82, 2.24) is 4.90 Å². The second-order valence-corrected chi connectivity index (χ2v) is 6.90. The van der Waals surface area contributed by atoms with E-state index in [4.69, 9.17) is 11.6 Å². The average molecular weight is 308 g/mol. The van der Waals surface area contributed by atoms with E-state index in [0.717, 1.165) is 34.9 Å². The summed E-state index contributed by atoms with van der Waals surface area (Å²) in [5.74, 6) is 0.0972. The molecule has 0 radical (unpaired) electrons. The van der Waals surface area contributed by atoms with Gasteiger partial charge in [0.1, 0.15) is 0 Å². The normalized spacial score (nSPS) is 22.9. The number of nitrogens with zero attached hydrogens (tertiary/aromatic N) is 1. The molecular formula is C16H18ClNOS. The van der Waals surface area contributed by atoms with E-state index in [2.05, 4.69) is 6.07 Å². The van der Waals surface area contributed by atoms with Crippen molar-refractivity contribution in [1.29, 1.82) is 0 Å². The van der Waals surface area contributed by atoms with E-state index in [1.807, 2.05) is 35.5 Å². The van der Waals surface area contributed by atoms with E-state index < -0.39 is 0 Å². The first kappa shape index (κ1) is 13.9. The zero-order valence-electron chi connectivity index (χ0n) is 11.5. The molecule has 1 aliphatic rings. The van der Waals surface area contributed by atoms with E-state index >= 15 is 0 Å². The van der Waals surface area contributed by atoms with Crippen LogP contribution in [-0.4, -0.2) is 29.3 Å². The van der Waals surface area contributed by atoms with Crippen LogP contribution in [0.2, 0.25) is 0 Å². The van der Waals surface area contributed by atoms with Gasteiger partial charge in [0.25, 0.3) is 5.91 Å². The number of rotatable bonds is 2. The number of amides is 1. The van der Waals surface area contributed by atoms with Crippen LogP contribution < -0.4 is 0 Å². The standard InChI is InChI=1S/C16H18ClNOS/c1-18(14-8-4-3-7-13(14)17)16(19)12-10-20-15-9-5-2-6-11(12)15/h2,5-6,9-10,13-14H,3-4,7-8H2,1H3. The molecule has 2 atom stereocenters. The average Bonchev–Trinajstić information content (AvgIpc) is 2.90. The lowest BCUT2D eigenvalue weighted by molar-refractivity contribution is 0.0703. The number of fused-ring (bicyclic) bond motifs is 1. The molecular weight excluding hydrogens is 290 g/mol. The number of carbonyl (C=O) groups is 1. The van der Waals surface area contributed by atoms with Crippen molar-refractivity contribution in [3.05, 3.63) is 35.2 Å². The van der Waals surface area contributed by atoms with E-state index in [1.54, 1.807) is 11.3 Å². The van der Waals surface area contributed by atoms with Gasteiger partial charge in [-0.15, -0.1) is 22.9 Å². The molecule has 4 heteroatoms. The topological polar surface area (TPSA) is 20.3 Å². The van der Waals surface area contributed by atoms with Gasteiger partial charge in [-0.25, -0.2) is 0 Å². The Morgan fingerprint density at radius 1 is 1.30 bits per heavy atom. The smallest absolute Gasteiger partial charge is 0.255 e. The lowest BCUT2D eigenvalue weighted by Gasteiger charge is -2.34. The van der Waals surface area contributed by atoms with Gasteiger partial charge in [-0.2, -0.15) is 0 Å². The molecule has 20 heavy (non-hydrogen) atoms. The minimum absolute atomic E-state index is 0.0857. The summed E-state index contributed by atoms with van der Waals surface area (Å²) < 4.78 is 1.16. The van der Waals surface area contributed by atoms with E-state index in [1.165, 1.54) is 6.42 Å². The van der Waals surface area contributed by atoms with Gasteiger partial charge in [0.15, 0.2) is 0 Å². The molecule has 0 bridgehead atoms. The minimum Gasteiger partial charge on any atom is -0.337 e. The van der Waals surface area contributed by atoms with Crippen molar-refractivity contribution in [2.45, 2.75) is 37.1 Å². The van der Waals surface area contributed by atoms with Crippen molar-refractivity contribution < 1.29 is 4.79 Å². The highest BCUT2D eigenvalue weighted by Gasteiger charge is 2.30. The van der Waals surface area contributed by atoms with Gasteiger partial charge in [0.05, 0.1) is 10.9 Å². The molecule has 2 nitrogen and oxygen atoms in total. The first-order chi connectivity index (χ1) is 9.68. The van der Waals surface area contributed by atoms with Gasteiger partial charge >= 0.3 is 0 Å². The Hall–Kier alpha value is -1.06. The van der Waals surface area contributed by atoms with Crippen molar-refractivity contribution in [2.75, 3.05) is 7.05 Å². The monoisotopic (exact) mass is 307 g/mol. The van der Waals surface area contributed by atoms with Crippen LogP contribution in [0.5, 0.6) is 0 Å². The highest BCUT2D eigenvalue weighted by molar-refractivity contribution is 7.17. The third-order valence-corrected chi connectivity index (χ3v) is 5.65. The van der Waals surface area contributed by atoms with Crippen LogP contribution >= 0.6 is 22.9 Å². The van der Waals surface area contributed by atoms with Crippen molar-refractivity contribution >= 4 is 38.9 Å². The molecule has 1 amide bonds. The summed E-state index contributed by atoms with van der Waals surface area (Å²) in [6.07, 6.45) is 4.36. The Balaban J connectivity index is 1.88. The highest BCUT2D eigenvalue weighted by atomic mass is 35.5. The molecule has 1 aromatic heterocycles. The fraction of sp³-hybridized carbons (Fsp3) is 0.438. The molecule has 0 N–H and O–H groups in total. The molecule has 2 aromatic rings. The summed E-state index contributed by atoms with van der Waals surface area (Å²) in [5, 5.41) is 3.11. The van der Waals surface area contributed by atoms with Crippen LogP contribution in [0.3, 0.4) is 0 Å². The van der Waals surface area contributed by atoms with E-state index in [-0.39, 0.29) is 17.3 Å². The molecule has 1 saturated carbocycles. The second kappa shape index (κ2) is 5.74. The first-order valence-electron chi connectivity index (χ1n) is 7.06. The van der Waals surface area contributed by atoms with Crippen LogP contribution in [0.4, 0.5) is 0 Å². The Morgan fingerprint density at radius 3 is 2.85 bits per heavy atom. The third-order valence-electron chi connectivity index (χ3n) is 4.18. The van der Waals surface area contributed by atoms with Gasteiger partial charge in [-0.3, -0.25) is 4.79 Å². The number of benzene rings is 1. The van der Waals surface area contributed by atoms with E-state index in [0.29, 0.717) is 0 Å². The number of hydrogen-bond donors (Lipinski definition) is 0. The summed E-state index contributed by atoms with van der Waals surface area (Å²) in [5.41, 5.74) is 0.808. The Labute approximate surface area is 128 Å². The Kier molecular flexibility index (Phi) is 3.99. The molecule has 1 aromatic carbocycles. The summed E-state index contributed by atoms with van der Waals surface area (Å²) in [6.45, 7) is 0. The summed E-state index contributed by atoms with van der Waals surface area (Å²) in [6, 6.07) is 8.23. The van der Waals surface area contributed by atoms with Crippen LogP contribution in [0.25, 0.3) is 10.1 Å². The molecule has 1 aliphatic carbocycles. The lowest BCUT2D eigenvalue weighted by atomic mass is 9.93. The molecule has 1 fully saturated rings. The van der Waals surface area contributed by atoms with Gasteiger partial charge in [0.2, 0.25) is 0 Å². The fourth-order valence-electron chi connectivity index (χ4n) is 2.99. The number of halogens is 1. The number of alkyl halides is 1. The predicted octanol–water partition coefficient (Wildman–Crippen LogP) is 4.52. The van der Waals surface area contributed by atoms with Crippen LogP contribution in [-0.2, 0) is 0 Å². The molecule has 3 rings (SSSR count). The zero-order valence-corrected chi connectivity index (χ0v) is 13.1. The maximum absolute atomic E-state index is 12.7. The maximum Gasteiger partial charge on any atom is 0.255 e. The molecule has 106 valence electrons. The molecule has 0 saturated heterocycles. The lowest BCUT2D eigenvalue weighted by Crippen LogP contribution is -2.44. The number of carbonyl (C=O) groups excluding carboxylic acids is 1. The van der Waals surface area contributed by atoms with Crippen LogP contribution in [0, 0.1) is 0 Å². The highest BCUT2D eigenvalue weighted by Crippen LogP contribution is 2.30. The molecule has 0 aliphatic heterocycles. The molecule has 1 heterocycles. The van der Waals surface area contributed by atoms with Crippen molar-refractivity contribution in [3.8, 4) is 0 Å². The van der Waals surface area contributed by atoms with E-state index in [9.17, 15) is 4.79 Å². The third kappa shape index (κ3) is 2.45. The Bertz CT molecular complexity index is 624. The number of hydrogen-bond acceptors (Lipinski definition) is 2. The summed E-state index contributed by atoms with van der Waals surface area (Å²) >= 11 is 8.04.